The van der Waals surface area contributed by atoms with E-state index in [4.69, 9.17) is 14.6 Å². The summed E-state index contributed by atoms with van der Waals surface area (Å²) in [4.78, 5) is 62.4. The third-order valence-corrected chi connectivity index (χ3v) is 10.7. The Morgan fingerprint density at radius 1 is 1.19 bits per heavy atom. The summed E-state index contributed by atoms with van der Waals surface area (Å²) in [7, 11) is 0. The first-order valence-corrected chi connectivity index (χ1v) is 16.3. The van der Waals surface area contributed by atoms with E-state index >= 15 is 0 Å². The molecule has 0 spiro atoms. The Labute approximate surface area is 274 Å². The van der Waals surface area contributed by atoms with Gasteiger partial charge in [-0.05, 0) is 85.1 Å². The fraction of sp³-hybridized carbons (Fsp3) is 0.600. The fourth-order valence-corrected chi connectivity index (χ4v) is 8.88. The molecule has 3 fully saturated rings. The molecule has 8 atom stereocenters. The van der Waals surface area contributed by atoms with Crippen LogP contribution < -0.4 is 4.74 Å². The molecule has 1 aromatic rings. The summed E-state index contributed by atoms with van der Waals surface area (Å²) in [5.41, 5.74) is 0.704. The molecule has 2 N–H and O–H groups in total. The van der Waals surface area contributed by atoms with Crippen LogP contribution in [0.25, 0.3) is 0 Å². The molecule has 3 saturated carbocycles. The number of Topliss-reactive ketones (excluding diaryl/α,β-unsaturated/α-hetero) is 1. The molecule has 4 aliphatic rings. The number of benzene rings is 1. The molecular formula is C35H45NO11. The number of fused-ring (bicyclic) bond motifs is 5. The maximum Gasteiger partial charge on any atom is 0.514 e. The highest BCUT2D eigenvalue weighted by atomic mass is 16.9. The Morgan fingerprint density at radius 3 is 2.60 bits per heavy atom. The second-order valence-electron chi connectivity index (χ2n) is 13.7. The minimum absolute atomic E-state index is 0.00343. The predicted molar refractivity (Wildman–Crippen MR) is 168 cm³/mol. The first-order valence-electron chi connectivity index (χ1n) is 16.3. The van der Waals surface area contributed by atoms with Crippen molar-refractivity contribution in [3.63, 3.8) is 0 Å². The van der Waals surface area contributed by atoms with Gasteiger partial charge in [0.2, 0.25) is 0 Å². The summed E-state index contributed by atoms with van der Waals surface area (Å²) in [6.07, 6.45) is 8.70. The van der Waals surface area contributed by atoms with Crippen LogP contribution in [0.5, 0.6) is 5.75 Å². The van der Waals surface area contributed by atoms with Crippen molar-refractivity contribution in [3.05, 3.63) is 63.7 Å². The number of allylic oxidation sites excluding steroid dienone is 4. The molecule has 0 amide bonds. The minimum atomic E-state index is -1.05. The molecule has 0 aromatic heterocycles. The number of hydrogen-bond donors (Lipinski definition) is 2. The molecule has 12 nitrogen and oxygen atoms in total. The fourth-order valence-electron chi connectivity index (χ4n) is 8.88. The topological polar surface area (TPSA) is 180 Å². The summed E-state index contributed by atoms with van der Waals surface area (Å²) >= 11 is 0. The van der Waals surface area contributed by atoms with Crippen LogP contribution in [0.2, 0.25) is 0 Å². The number of aliphatic hydroxyl groups is 1. The number of carboxylic acid groups (broad SMARTS) is 1. The van der Waals surface area contributed by atoms with Crippen LogP contribution in [0.4, 0.5) is 4.79 Å². The van der Waals surface area contributed by atoms with Gasteiger partial charge in [-0.1, -0.05) is 57.9 Å². The quantitative estimate of drug-likeness (QED) is 0.133. The normalized spacial score (nSPS) is 31.9. The zero-order valence-corrected chi connectivity index (χ0v) is 27.4. The lowest BCUT2D eigenvalue weighted by Gasteiger charge is -2.58. The molecule has 0 aliphatic heterocycles. The lowest BCUT2D eigenvalue weighted by molar-refractivity contribution is -0.763. The van der Waals surface area contributed by atoms with Crippen molar-refractivity contribution in [3.8, 4) is 5.75 Å². The van der Waals surface area contributed by atoms with Crippen molar-refractivity contribution in [2.45, 2.75) is 85.4 Å². The first-order chi connectivity index (χ1) is 22.2. The van der Waals surface area contributed by atoms with Gasteiger partial charge in [-0.2, -0.15) is 0 Å². The number of aliphatic carboxylic acids is 1. The number of carbonyl (C=O) groups is 4. The van der Waals surface area contributed by atoms with Gasteiger partial charge in [-0.3, -0.25) is 14.4 Å². The average Bonchev–Trinajstić information content (AvgIpc) is 3.27. The standard InChI is InChI=1S/C30H35NO9.C5H10O2/c1-17-11-23-22-8-7-19-13-20(32)9-10-29(19,2)27(22)24(33)14-30(23,3)26(17)25(34)16-38-28(35)40-21-6-4-5-18(12-21)15-39-31(36)37;1-2-3-4-5(6)7/h4-6,9-10,12-13,17,22-24,26-27,33H,7-8,11,14-16H2,1-3H3;2-4H2,1H3,(H,6,7). The van der Waals surface area contributed by atoms with Crippen molar-refractivity contribution in [1.29, 1.82) is 0 Å². The van der Waals surface area contributed by atoms with Gasteiger partial charge in [0, 0.05) is 23.7 Å². The second-order valence-corrected chi connectivity index (χ2v) is 13.7. The highest BCUT2D eigenvalue weighted by Crippen LogP contribution is 2.67. The molecule has 1 aromatic carbocycles. The van der Waals surface area contributed by atoms with E-state index in [1.54, 1.807) is 24.3 Å². The number of rotatable bonds is 10. The highest BCUT2D eigenvalue weighted by molar-refractivity contribution is 6.01. The number of nitrogens with zero attached hydrogens (tertiary/aromatic N) is 1. The van der Waals surface area contributed by atoms with Crippen molar-refractivity contribution in [2.75, 3.05) is 6.61 Å². The molecule has 5 rings (SSSR count). The molecule has 12 heteroatoms. The zero-order valence-electron chi connectivity index (χ0n) is 27.4. The molecule has 47 heavy (non-hydrogen) atoms. The third kappa shape index (κ3) is 7.91. The average molecular weight is 656 g/mol. The number of hydrogen-bond acceptors (Lipinski definition) is 10. The van der Waals surface area contributed by atoms with Crippen LogP contribution >= 0.6 is 0 Å². The Bertz CT molecular complexity index is 1440. The number of ketones is 2. The molecule has 0 radical (unpaired) electrons. The van der Waals surface area contributed by atoms with E-state index in [2.05, 4.69) is 25.6 Å². The van der Waals surface area contributed by atoms with E-state index in [1.165, 1.54) is 12.1 Å². The Balaban J connectivity index is 0.000000644. The van der Waals surface area contributed by atoms with E-state index in [1.807, 2.05) is 13.0 Å². The monoisotopic (exact) mass is 655 g/mol. The van der Waals surface area contributed by atoms with Gasteiger partial charge >= 0.3 is 12.1 Å². The Kier molecular flexibility index (Phi) is 11.3. The molecule has 4 aliphatic carbocycles. The van der Waals surface area contributed by atoms with Crippen molar-refractivity contribution >= 4 is 23.7 Å². The molecule has 0 bridgehead atoms. The number of carbonyl (C=O) groups excluding carboxylic acids is 3. The number of ether oxygens (including phenoxy) is 2. The van der Waals surface area contributed by atoms with E-state index < -0.39 is 35.3 Å². The molecule has 0 heterocycles. The summed E-state index contributed by atoms with van der Waals surface area (Å²) in [6.45, 7) is 7.50. The van der Waals surface area contributed by atoms with Crippen LogP contribution in [0.1, 0.15) is 78.2 Å². The van der Waals surface area contributed by atoms with Crippen LogP contribution in [-0.2, 0) is 30.6 Å². The smallest absolute Gasteiger partial charge is 0.481 e. The van der Waals surface area contributed by atoms with Gasteiger partial charge in [0.05, 0.1) is 6.10 Å². The van der Waals surface area contributed by atoms with Gasteiger partial charge in [-0.15, -0.1) is 10.1 Å². The van der Waals surface area contributed by atoms with Gasteiger partial charge in [0.25, 0.3) is 5.09 Å². The lowest BCUT2D eigenvalue weighted by atomic mass is 9.46. The van der Waals surface area contributed by atoms with Crippen molar-refractivity contribution < 1.29 is 48.8 Å². The highest BCUT2D eigenvalue weighted by Gasteiger charge is 2.64. The van der Waals surface area contributed by atoms with Crippen molar-refractivity contribution in [2.24, 2.45) is 40.4 Å². The van der Waals surface area contributed by atoms with Crippen LogP contribution in [0.15, 0.2) is 48.1 Å². The van der Waals surface area contributed by atoms with Crippen molar-refractivity contribution in [1.82, 2.24) is 0 Å². The van der Waals surface area contributed by atoms with E-state index in [9.17, 15) is 34.4 Å². The van der Waals surface area contributed by atoms with Gasteiger partial charge in [-0.25, -0.2) is 4.79 Å². The SMILES string of the molecule is CC1CC2C3CCC4=CC(=O)C=CC4(C)C3C(O)CC2(C)C1C(=O)COC(=O)Oc1cccc(CO[N+](=O)[O-])c1.CCCCC(=O)O. The second kappa shape index (κ2) is 14.8. The maximum absolute atomic E-state index is 13.5. The summed E-state index contributed by atoms with van der Waals surface area (Å²) in [5, 5.41) is 29.1. The Hall–Kier alpha value is -4.06. The lowest BCUT2D eigenvalue weighted by Crippen LogP contribution is -2.56. The molecule has 0 saturated heterocycles. The maximum atomic E-state index is 13.5. The number of carboxylic acids is 1. The zero-order chi connectivity index (χ0) is 34.5. The van der Waals surface area contributed by atoms with E-state index in [-0.39, 0.29) is 58.9 Å². The van der Waals surface area contributed by atoms with E-state index in [0.29, 0.717) is 18.4 Å². The number of unbranched alkanes of at least 4 members (excludes halogenated alkanes) is 1. The molecular weight excluding hydrogens is 610 g/mol. The molecule has 256 valence electrons. The Morgan fingerprint density at radius 2 is 1.94 bits per heavy atom. The van der Waals surface area contributed by atoms with Crippen LogP contribution in [0, 0.1) is 50.5 Å². The van der Waals surface area contributed by atoms with Gasteiger partial charge in [0.1, 0.15) is 12.4 Å². The number of aliphatic hydroxyl groups excluding tert-OH is 1. The predicted octanol–water partition coefficient (Wildman–Crippen LogP) is 5.88. The minimum Gasteiger partial charge on any atom is -0.481 e. The first kappa shape index (κ1) is 35.8. The third-order valence-electron chi connectivity index (χ3n) is 10.7. The summed E-state index contributed by atoms with van der Waals surface area (Å²) < 4.78 is 10.4. The van der Waals surface area contributed by atoms with Gasteiger partial charge in [0.15, 0.2) is 18.2 Å². The van der Waals surface area contributed by atoms with Crippen LogP contribution in [0.3, 0.4) is 0 Å². The summed E-state index contributed by atoms with van der Waals surface area (Å²) in [6, 6.07) is 6.05. The van der Waals surface area contributed by atoms with Gasteiger partial charge < -0.3 is 24.5 Å². The molecule has 8 unspecified atom stereocenters. The van der Waals surface area contributed by atoms with Crippen LogP contribution in [-0.4, -0.2) is 51.7 Å². The largest absolute Gasteiger partial charge is 0.514 e. The summed E-state index contributed by atoms with van der Waals surface area (Å²) in [5.74, 6) is -0.679. The van der Waals surface area contributed by atoms with E-state index in [0.717, 1.165) is 37.7 Å².